The molecular formula is C21H26N2O2. The zero-order valence-electron chi connectivity index (χ0n) is 15.2. The third-order valence-electron chi connectivity index (χ3n) is 5.58. The molecule has 1 fully saturated rings. The maximum absolute atomic E-state index is 12.1. The number of aryl methyl sites for hydroxylation is 3. The van der Waals surface area contributed by atoms with Crippen LogP contribution in [-0.4, -0.2) is 30.6 Å². The summed E-state index contributed by atoms with van der Waals surface area (Å²) in [4.78, 5) is 19.3. The van der Waals surface area contributed by atoms with Gasteiger partial charge in [-0.1, -0.05) is 0 Å². The van der Waals surface area contributed by atoms with Crippen LogP contribution in [0.2, 0.25) is 0 Å². The van der Waals surface area contributed by atoms with Crippen molar-refractivity contribution in [3.05, 3.63) is 34.9 Å². The number of anilines is 1. The Morgan fingerprint density at radius 1 is 1.24 bits per heavy atom. The summed E-state index contributed by atoms with van der Waals surface area (Å²) in [6.45, 7) is 6.15. The van der Waals surface area contributed by atoms with Gasteiger partial charge in [-0.15, -0.1) is 0 Å². The molecule has 0 amide bonds. The number of hydrogen-bond donors (Lipinski definition) is 0. The number of esters is 1. The summed E-state index contributed by atoms with van der Waals surface area (Å²) in [6.07, 6.45) is 5.54. The number of pyridine rings is 1. The number of carbonyl (C=O) groups excluding carboxylic acids is 1. The number of fused-ring (bicyclic) bond motifs is 2. The topological polar surface area (TPSA) is 42.4 Å². The quantitative estimate of drug-likeness (QED) is 0.798. The second-order valence-electron chi connectivity index (χ2n) is 7.33. The Labute approximate surface area is 149 Å². The third-order valence-corrected chi connectivity index (χ3v) is 5.58. The number of piperidine rings is 1. The van der Waals surface area contributed by atoms with Gasteiger partial charge in [0, 0.05) is 18.5 Å². The van der Waals surface area contributed by atoms with Crippen LogP contribution in [0.5, 0.6) is 0 Å². The molecule has 1 aliphatic heterocycles. The molecule has 1 aliphatic carbocycles. The highest BCUT2D eigenvalue weighted by atomic mass is 16.5. The fourth-order valence-corrected chi connectivity index (χ4v) is 4.25. The molecule has 0 saturated carbocycles. The van der Waals surface area contributed by atoms with Crippen molar-refractivity contribution >= 4 is 22.7 Å². The van der Waals surface area contributed by atoms with E-state index in [1.807, 2.05) is 6.92 Å². The monoisotopic (exact) mass is 338 g/mol. The molecular weight excluding hydrogens is 312 g/mol. The molecule has 1 aromatic carbocycles. The van der Waals surface area contributed by atoms with Gasteiger partial charge < -0.3 is 9.64 Å². The van der Waals surface area contributed by atoms with Crippen LogP contribution in [0.1, 0.15) is 42.9 Å². The predicted octanol–water partition coefficient (Wildman–Crippen LogP) is 3.81. The minimum absolute atomic E-state index is 0.0356. The molecule has 4 heteroatoms. The van der Waals surface area contributed by atoms with Crippen LogP contribution in [0.25, 0.3) is 10.9 Å². The van der Waals surface area contributed by atoms with Crippen LogP contribution in [0.15, 0.2) is 18.2 Å². The van der Waals surface area contributed by atoms with E-state index in [0.29, 0.717) is 13.2 Å². The number of rotatable bonds is 3. The van der Waals surface area contributed by atoms with E-state index in [0.717, 1.165) is 30.7 Å². The Morgan fingerprint density at radius 3 is 2.84 bits per heavy atom. The lowest BCUT2D eigenvalue weighted by atomic mass is 9.97. The highest BCUT2D eigenvalue weighted by Crippen LogP contribution is 2.31. The van der Waals surface area contributed by atoms with Crippen molar-refractivity contribution < 1.29 is 9.53 Å². The first-order valence-corrected chi connectivity index (χ1v) is 9.50. The molecule has 0 spiro atoms. The van der Waals surface area contributed by atoms with Gasteiger partial charge in [0.05, 0.1) is 18.0 Å². The van der Waals surface area contributed by atoms with Gasteiger partial charge in [0.25, 0.3) is 0 Å². The first-order chi connectivity index (χ1) is 12.2. The molecule has 4 rings (SSSR count). The molecule has 1 saturated heterocycles. The van der Waals surface area contributed by atoms with Gasteiger partial charge in [0.1, 0.15) is 5.82 Å². The zero-order chi connectivity index (χ0) is 17.4. The fraction of sp³-hybridized carbons (Fsp3) is 0.524. The molecule has 2 aliphatic rings. The molecule has 4 nitrogen and oxygen atoms in total. The van der Waals surface area contributed by atoms with Crippen molar-refractivity contribution in [1.82, 2.24) is 4.98 Å². The van der Waals surface area contributed by atoms with Crippen molar-refractivity contribution in [3.8, 4) is 0 Å². The lowest BCUT2D eigenvalue weighted by molar-refractivity contribution is -0.148. The molecule has 0 bridgehead atoms. The lowest BCUT2D eigenvalue weighted by Crippen LogP contribution is -2.39. The second-order valence-corrected chi connectivity index (χ2v) is 7.33. The Bertz CT molecular complexity index is 815. The first-order valence-electron chi connectivity index (χ1n) is 9.50. The molecule has 0 radical (unpaired) electrons. The van der Waals surface area contributed by atoms with Crippen LogP contribution in [0.3, 0.4) is 0 Å². The van der Waals surface area contributed by atoms with Gasteiger partial charge in [-0.3, -0.25) is 4.79 Å². The van der Waals surface area contributed by atoms with E-state index < -0.39 is 0 Å². The average Bonchev–Trinajstić information content (AvgIpc) is 3.08. The van der Waals surface area contributed by atoms with Crippen molar-refractivity contribution in [1.29, 1.82) is 0 Å². The Morgan fingerprint density at radius 2 is 2.04 bits per heavy atom. The van der Waals surface area contributed by atoms with Crippen LogP contribution in [0, 0.1) is 12.8 Å². The van der Waals surface area contributed by atoms with E-state index in [4.69, 9.17) is 9.72 Å². The molecule has 2 aromatic rings. The summed E-state index contributed by atoms with van der Waals surface area (Å²) >= 11 is 0. The third kappa shape index (κ3) is 3.10. The van der Waals surface area contributed by atoms with Gasteiger partial charge in [0.2, 0.25) is 0 Å². The van der Waals surface area contributed by atoms with Crippen LogP contribution in [-0.2, 0) is 22.4 Å². The Hall–Kier alpha value is -2.10. The second kappa shape index (κ2) is 6.66. The zero-order valence-corrected chi connectivity index (χ0v) is 15.2. The lowest BCUT2D eigenvalue weighted by Gasteiger charge is -2.32. The SMILES string of the molecule is CCOC(=O)C1CCCN(c2cc(C)c3cc4c(cc3n2)CCC4)C1. The van der Waals surface area contributed by atoms with Crippen molar-refractivity contribution in [2.75, 3.05) is 24.6 Å². The number of benzene rings is 1. The highest BCUT2D eigenvalue weighted by Gasteiger charge is 2.28. The van der Waals surface area contributed by atoms with E-state index in [9.17, 15) is 4.79 Å². The minimum Gasteiger partial charge on any atom is -0.466 e. The van der Waals surface area contributed by atoms with E-state index in [1.54, 1.807) is 0 Å². The number of hydrogen-bond acceptors (Lipinski definition) is 4. The molecule has 132 valence electrons. The average molecular weight is 338 g/mol. The van der Waals surface area contributed by atoms with Gasteiger partial charge in [-0.25, -0.2) is 4.98 Å². The Balaban J connectivity index is 1.64. The molecule has 1 atom stereocenters. The number of nitrogens with zero attached hydrogens (tertiary/aromatic N) is 2. The molecule has 1 aromatic heterocycles. The predicted molar refractivity (Wildman–Crippen MR) is 100 cm³/mol. The molecule has 25 heavy (non-hydrogen) atoms. The fourth-order valence-electron chi connectivity index (χ4n) is 4.25. The number of ether oxygens (including phenoxy) is 1. The Kier molecular flexibility index (Phi) is 4.36. The van der Waals surface area contributed by atoms with E-state index in [2.05, 4.69) is 30.0 Å². The number of carbonyl (C=O) groups is 1. The maximum Gasteiger partial charge on any atom is 0.310 e. The summed E-state index contributed by atoms with van der Waals surface area (Å²) in [5, 5.41) is 1.27. The van der Waals surface area contributed by atoms with Gasteiger partial charge >= 0.3 is 5.97 Å². The summed E-state index contributed by atoms with van der Waals surface area (Å²) < 4.78 is 5.22. The van der Waals surface area contributed by atoms with E-state index in [-0.39, 0.29) is 11.9 Å². The van der Waals surface area contributed by atoms with Crippen molar-refractivity contribution in [2.24, 2.45) is 5.92 Å². The normalized spacial score (nSPS) is 19.9. The van der Waals surface area contributed by atoms with Crippen LogP contribution in [0.4, 0.5) is 5.82 Å². The smallest absolute Gasteiger partial charge is 0.310 e. The van der Waals surface area contributed by atoms with Crippen molar-refractivity contribution in [3.63, 3.8) is 0 Å². The summed E-state index contributed by atoms with van der Waals surface area (Å²) in [5.74, 6) is 0.894. The van der Waals surface area contributed by atoms with E-state index >= 15 is 0 Å². The molecule has 1 unspecified atom stereocenters. The standard InChI is InChI=1S/C21H26N2O2/c1-3-25-21(24)17-8-5-9-23(13-17)20-10-14(2)18-11-15-6-4-7-16(15)12-19(18)22-20/h10-12,17H,3-9,13H2,1-2H3. The van der Waals surface area contributed by atoms with Gasteiger partial charge in [-0.2, -0.15) is 0 Å². The first kappa shape index (κ1) is 16.4. The summed E-state index contributed by atoms with van der Waals surface area (Å²) in [6, 6.07) is 6.79. The summed E-state index contributed by atoms with van der Waals surface area (Å²) in [5.41, 5.74) is 5.31. The largest absolute Gasteiger partial charge is 0.466 e. The van der Waals surface area contributed by atoms with Gasteiger partial charge in [0.15, 0.2) is 0 Å². The number of aromatic nitrogens is 1. The maximum atomic E-state index is 12.1. The van der Waals surface area contributed by atoms with Crippen LogP contribution < -0.4 is 4.90 Å². The minimum atomic E-state index is -0.0671. The summed E-state index contributed by atoms with van der Waals surface area (Å²) in [7, 11) is 0. The van der Waals surface area contributed by atoms with Crippen LogP contribution >= 0.6 is 0 Å². The molecule has 0 N–H and O–H groups in total. The van der Waals surface area contributed by atoms with Gasteiger partial charge in [-0.05, 0) is 80.8 Å². The highest BCUT2D eigenvalue weighted by molar-refractivity contribution is 5.86. The van der Waals surface area contributed by atoms with Crippen molar-refractivity contribution in [2.45, 2.75) is 46.0 Å². The molecule has 2 heterocycles. The van der Waals surface area contributed by atoms with E-state index in [1.165, 1.54) is 41.3 Å².